The van der Waals surface area contributed by atoms with Crippen LogP contribution in [0.15, 0.2) is 22.7 Å². The van der Waals surface area contributed by atoms with Crippen molar-refractivity contribution < 1.29 is 0 Å². The average Bonchev–Trinajstić information content (AvgIpc) is 3.09. The normalized spacial score (nSPS) is 15.8. The lowest BCUT2D eigenvalue weighted by Crippen LogP contribution is -2.08. The fourth-order valence-corrected chi connectivity index (χ4v) is 3.56. The first-order valence-corrected chi connectivity index (χ1v) is 8.53. The van der Waals surface area contributed by atoms with Crippen molar-refractivity contribution in [2.24, 2.45) is 0 Å². The van der Waals surface area contributed by atoms with Gasteiger partial charge in [-0.15, -0.1) is 0 Å². The maximum atomic E-state index is 6.39. The summed E-state index contributed by atoms with van der Waals surface area (Å²) in [5.74, 6) is 2.57. The van der Waals surface area contributed by atoms with Crippen molar-refractivity contribution in [1.82, 2.24) is 9.55 Å². The van der Waals surface area contributed by atoms with E-state index in [1.807, 2.05) is 0 Å². The molecule has 1 aromatic carbocycles. The topological polar surface area (TPSA) is 43.8 Å². The third-order valence-electron chi connectivity index (χ3n) is 4.50. The highest BCUT2D eigenvalue weighted by molar-refractivity contribution is 9.10. The fourth-order valence-electron chi connectivity index (χ4n) is 3.32. The van der Waals surface area contributed by atoms with Gasteiger partial charge in [0, 0.05) is 22.5 Å². The van der Waals surface area contributed by atoms with E-state index in [-0.39, 0.29) is 0 Å². The zero-order valence-corrected chi connectivity index (χ0v) is 14.3. The van der Waals surface area contributed by atoms with Crippen LogP contribution in [0.5, 0.6) is 0 Å². The Morgan fingerprint density at radius 2 is 2.05 bits per heavy atom. The van der Waals surface area contributed by atoms with E-state index in [0.29, 0.717) is 5.92 Å². The molecule has 0 amide bonds. The quantitative estimate of drug-likeness (QED) is 0.859. The number of nitrogens with zero attached hydrogens (tertiary/aromatic N) is 2. The van der Waals surface area contributed by atoms with E-state index >= 15 is 0 Å². The van der Waals surface area contributed by atoms with Gasteiger partial charge in [0.1, 0.15) is 17.3 Å². The van der Waals surface area contributed by atoms with E-state index < -0.39 is 0 Å². The van der Waals surface area contributed by atoms with Gasteiger partial charge in [-0.2, -0.15) is 0 Å². The van der Waals surface area contributed by atoms with Crippen LogP contribution in [0.3, 0.4) is 0 Å². The Morgan fingerprint density at radius 1 is 1.33 bits per heavy atom. The number of imidazole rings is 1. The Kier molecular flexibility index (Phi) is 4.07. The number of hydrogen-bond donors (Lipinski definition) is 1. The molecule has 0 atom stereocenters. The number of nitrogen functional groups attached to an aromatic ring is 1. The third kappa shape index (κ3) is 2.61. The summed E-state index contributed by atoms with van der Waals surface area (Å²) in [6, 6.07) is 6.32. The van der Waals surface area contributed by atoms with Gasteiger partial charge < -0.3 is 10.3 Å². The Balaban J connectivity index is 2.08. The molecular formula is C17H22BrN3. The molecule has 0 aliphatic heterocycles. The zero-order chi connectivity index (χ0) is 15.0. The molecule has 1 aliphatic rings. The van der Waals surface area contributed by atoms with E-state index in [0.717, 1.165) is 28.1 Å². The van der Waals surface area contributed by atoms with Crippen LogP contribution in [0.2, 0.25) is 0 Å². The average molecular weight is 348 g/mol. The van der Waals surface area contributed by atoms with Crippen LogP contribution in [0.1, 0.15) is 49.9 Å². The monoisotopic (exact) mass is 347 g/mol. The molecule has 0 unspecified atom stereocenters. The second-order valence-electron chi connectivity index (χ2n) is 5.89. The van der Waals surface area contributed by atoms with Crippen LogP contribution < -0.4 is 5.73 Å². The molecule has 0 bridgehead atoms. The molecule has 0 saturated heterocycles. The largest absolute Gasteiger partial charge is 0.383 e. The van der Waals surface area contributed by atoms with Crippen molar-refractivity contribution >= 4 is 21.7 Å². The van der Waals surface area contributed by atoms with Gasteiger partial charge in [-0.25, -0.2) is 4.98 Å². The molecule has 112 valence electrons. The number of benzene rings is 1. The van der Waals surface area contributed by atoms with E-state index in [4.69, 9.17) is 10.7 Å². The summed E-state index contributed by atoms with van der Waals surface area (Å²) in [4.78, 5) is 4.93. The number of rotatable bonds is 3. The van der Waals surface area contributed by atoms with Crippen LogP contribution in [-0.2, 0) is 6.54 Å². The van der Waals surface area contributed by atoms with E-state index in [9.17, 15) is 0 Å². The smallest absolute Gasteiger partial charge is 0.131 e. The molecule has 3 nitrogen and oxygen atoms in total. The number of aryl methyl sites for hydroxylation is 1. The summed E-state index contributed by atoms with van der Waals surface area (Å²) in [6.45, 7) is 5.13. The standard InChI is InChI=1S/C17H22BrN3/c1-3-21-16(19)15(13-8-9-14(18)11(2)10-13)20-17(21)12-6-4-5-7-12/h8-10,12H,3-7,19H2,1-2H3. The van der Waals surface area contributed by atoms with Crippen LogP contribution in [0.25, 0.3) is 11.3 Å². The summed E-state index contributed by atoms with van der Waals surface area (Å²) >= 11 is 3.55. The van der Waals surface area contributed by atoms with Crippen molar-refractivity contribution in [1.29, 1.82) is 0 Å². The molecule has 2 aromatic rings. The summed E-state index contributed by atoms with van der Waals surface area (Å²) in [6.07, 6.45) is 5.12. The Bertz CT molecular complexity index is 654. The highest BCUT2D eigenvalue weighted by atomic mass is 79.9. The van der Waals surface area contributed by atoms with Crippen LogP contribution >= 0.6 is 15.9 Å². The highest BCUT2D eigenvalue weighted by Crippen LogP contribution is 2.37. The number of aromatic nitrogens is 2. The Labute approximate surface area is 134 Å². The maximum Gasteiger partial charge on any atom is 0.131 e. The van der Waals surface area contributed by atoms with E-state index in [1.165, 1.54) is 37.1 Å². The zero-order valence-electron chi connectivity index (χ0n) is 12.7. The van der Waals surface area contributed by atoms with Gasteiger partial charge in [0.25, 0.3) is 0 Å². The molecule has 21 heavy (non-hydrogen) atoms. The summed E-state index contributed by atoms with van der Waals surface area (Å²) < 4.78 is 3.32. The van der Waals surface area contributed by atoms with Gasteiger partial charge in [0.2, 0.25) is 0 Å². The minimum absolute atomic E-state index is 0.581. The molecule has 1 heterocycles. The minimum Gasteiger partial charge on any atom is -0.383 e. The highest BCUT2D eigenvalue weighted by Gasteiger charge is 2.25. The molecular weight excluding hydrogens is 326 g/mol. The van der Waals surface area contributed by atoms with Gasteiger partial charge >= 0.3 is 0 Å². The van der Waals surface area contributed by atoms with Gasteiger partial charge in [-0.05, 0) is 44.4 Å². The molecule has 0 radical (unpaired) electrons. The lowest BCUT2D eigenvalue weighted by molar-refractivity contribution is 0.604. The van der Waals surface area contributed by atoms with Gasteiger partial charge in [-0.1, -0.05) is 34.8 Å². The van der Waals surface area contributed by atoms with Gasteiger partial charge in [-0.3, -0.25) is 0 Å². The predicted octanol–water partition coefficient (Wildman–Crippen LogP) is 4.88. The summed E-state index contributed by atoms with van der Waals surface area (Å²) in [5, 5.41) is 0. The van der Waals surface area contributed by atoms with E-state index in [2.05, 4.69) is 52.5 Å². The lowest BCUT2D eigenvalue weighted by atomic mass is 10.1. The van der Waals surface area contributed by atoms with Crippen LogP contribution in [-0.4, -0.2) is 9.55 Å². The Morgan fingerprint density at radius 3 is 2.67 bits per heavy atom. The van der Waals surface area contributed by atoms with Gasteiger partial charge in [0.05, 0.1) is 0 Å². The molecule has 1 aliphatic carbocycles. The number of nitrogens with two attached hydrogens (primary N) is 1. The molecule has 4 heteroatoms. The van der Waals surface area contributed by atoms with Crippen molar-refractivity contribution in [3.8, 4) is 11.3 Å². The molecule has 0 spiro atoms. The van der Waals surface area contributed by atoms with Crippen molar-refractivity contribution in [2.75, 3.05) is 5.73 Å². The lowest BCUT2D eigenvalue weighted by Gasteiger charge is -2.11. The molecule has 1 aromatic heterocycles. The third-order valence-corrected chi connectivity index (χ3v) is 5.39. The second-order valence-corrected chi connectivity index (χ2v) is 6.75. The fraction of sp³-hybridized carbons (Fsp3) is 0.471. The molecule has 2 N–H and O–H groups in total. The van der Waals surface area contributed by atoms with E-state index in [1.54, 1.807) is 0 Å². The minimum atomic E-state index is 0.581. The number of hydrogen-bond acceptors (Lipinski definition) is 2. The Hall–Kier alpha value is -1.29. The first-order valence-electron chi connectivity index (χ1n) is 7.74. The van der Waals surface area contributed by atoms with Gasteiger partial charge in [0.15, 0.2) is 0 Å². The number of halogens is 1. The van der Waals surface area contributed by atoms with Crippen molar-refractivity contribution in [2.45, 2.75) is 52.0 Å². The maximum absolute atomic E-state index is 6.39. The molecule has 1 saturated carbocycles. The van der Waals surface area contributed by atoms with Crippen molar-refractivity contribution in [3.63, 3.8) is 0 Å². The SMILES string of the molecule is CCn1c(C2CCCC2)nc(-c2ccc(Br)c(C)c2)c1N. The summed E-state index contributed by atoms with van der Waals surface area (Å²) in [5.41, 5.74) is 9.65. The van der Waals surface area contributed by atoms with Crippen molar-refractivity contribution in [3.05, 3.63) is 34.1 Å². The first-order chi connectivity index (χ1) is 10.1. The van der Waals surface area contributed by atoms with Crippen LogP contribution in [0, 0.1) is 6.92 Å². The summed E-state index contributed by atoms with van der Waals surface area (Å²) in [7, 11) is 0. The molecule has 1 fully saturated rings. The molecule has 3 rings (SSSR count). The predicted molar refractivity (Wildman–Crippen MR) is 91.4 cm³/mol. The van der Waals surface area contributed by atoms with Crippen LogP contribution in [0.4, 0.5) is 5.82 Å². The number of anilines is 1. The first kappa shape index (κ1) is 14.6. The second kappa shape index (κ2) is 5.84.